The van der Waals surface area contributed by atoms with E-state index in [1.807, 2.05) is 36.1 Å². The quantitative estimate of drug-likeness (QED) is 0.720. The first-order valence-corrected chi connectivity index (χ1v) is 10.6. The van der Waals surface area contributed by atoms with Crippen LogP contribution in [0.25, 0.3) is 11.1 Å². The van der Waals surface area contributed by atoms with Crippen molar-refractivity contribution in [3.8, 4) is 11.1 Å². The van der Waals surface area contributed by atoms with Gasteiger partial charge >= 0.3 is 0 Å². The van der Waals surface area contributed by atoms with Gasteiger partial charge in [0.15, 0.2) is 0 Å². The number of carbonyl (C=O) groups excluding carboxylic acids is 1. The van der Waals surface area contributed by atoms with Crippen LogP contribution in [-0.4, -0.2) is 41.1 Å². The van der Waals surface area contributed by atoms with Gasteiger partial charge in [0.25, 0.3) is 5.91 Å². The molecule has 1 aliphatic heterocycles. The molecule has 4 heteroatoms. The Labute approximate surface area is 167 Å². The molecule has 148 valence electrons. The lowest BCUT2D eigenvalue weighted by molar-refractivity contribution is -0.0874. The van der Waals surface area contributed by atoms with E-state index in [-0.39, 0.29) is 18.1 Å². The zero-order chi connectivity index (χ0) is 19.5. The summed E-state index contributed by atoms with van der Waals surface area (Å²) in [6.07, 6.45) is 7.93. The molecule has 0 N–H and O–H groups in total. The first-order valence-electron chi connectivity index (χ1n) is 10.6. The van der Waals surface area contributed by atoms with Crippen LogP contribution in [-0.2, 0) is 4.74 Å². The van der Waals surface area contributed by atoms with Gasteiger partial charge in [0.2, 0.25) is 0 Å². The second-order valence-corrected chi connectivity index (χ2v) is 8.17. The van der Waals surface area contributed by atoms with Crippen molar-refractivity contribution >= 4 is 5.91 Å². The number of rotatable bonds is 6. The highest BCUT2D eigenvalue weighted by Gasteiger charge is 2.40. The lowest BCUT2D eigenvalue weighted by atomic mass is 9.97. The molecular weight excluding hydrogens is 348 g/mol. The van der Waals surface area contributed by atoms with Crippen LogP contribution in [0, 0.1) is 12.8 Å². The Kier molecular flexibility index (Phi) is 5.77. The number of hydrogen-bond acceptors (Lipinski definition) is 3. The van der Waals surface area contributed by atoms with Gasteiger partial charge in [-0.1, -0.05) is 50.1 Å². The summed E-state index contributed by atoms with van der Waals surface area (Å²) < 4.78 is 6.36. The van der Waals surface area contributed by atoms with Crippen molar-refractivity contribution in [1.82, 2.24) is 9.88 Å². The van der Waals surface area contributed by atoms with Crippen molar-refractivity contribution in [3.63, 3.8) is 0 Å². The van der Waals surface area contributed by atoms with Crippen molar-refractivity contribution in [2.75, 3.05) is 13.1 Å². The topological polar surface area (TPSA) is 42.4 Å². The number of pyridine rings is 1. The molecule has 1 saturated carbocycles. The maximum absolute atomic E-state index is 13.7. The molecule has 2 aromatic rings. The molecule has 4 nitrogen and oxygen atoms in total. The molecule has 0 spiro atoms. The van der Waals surface area contributed by atoms with Gasteiger partial charge in [-0.15, -0.1) is 0 Å². The average Bonchev–Trinajstić information content (AvgIpc) is 3.57. The summed E-state index contributed by atoms with van der Waals surface area (Å²) in [7, 11) is 0. The molecule has 0 radical (unpaired) electrons. The number of morpholine rings is 1. The first kappa shape index (κ1) is 19.1. The van der Waals surface area contributed by atoms with E-state index in [0.717, 1.165) is 41.6 Å². The lowest BCUT2D eigenvalue weighted by Gasteiger charge is -2.39. The van der Waals surface area contributed by atoms with Crippen LogP contribution in [0.5, 0.6) is 0 Å². The largest absolute Gasteiger partial charge is 0.371 e. The minimum atomic E-state index is 0.0971. The first-order chi connectivity index (χ1) is 13.7. The van der Waals surface area contributed by atoms with Gasteiger partial charge in [-0.05, 0) is 49.3 Å². The van der Waals surface area contributed by atoms with Crippen LogP contribution in [0.1, 0.15) is 55.1 Å². The van der Waals surface area contributed by atoms with Gasteiger partial charge in [-0.2, -0.15) is 0 Å². The maximum atomic E-state index is 13.7. The highest BCUT2D eigenvalue weighted by molar-refractivity contribution is 6.01. The van der Waals surface area contributed by atoms with E-state index in [9.17, 15) is 4.79 Å². The summed E-state index contributed by atoms with van der Waals surface area (Å²) in [6.45, 7) is 5.53. The normalized spacial score (nSPS) is 22.3. The third kappa shape index (κ3) is 4.12. The van der Waals surface area contributed by atoms with E-state index < -0.39 is 0 Å². The van der Waals surface area contributed by atoms with Gasteiger partial charge in [-0.25, -0.2) is 0 Å². The highest BCUT2D eigenvalue weighted by atomic mass is 16.5. The summed E-state index contributed by atoms with van der Waals surface area (Å²) in [4.78, 5) is 20.1. The van der Waals surface area contributed by atoms with Crippen LogP contribution in [0.2, 0.25) is 0 Å². The van der Waals surface area contributed by atoms with Crippen LogP contribution < -0.4 is 0 Å². The van der Waals surface area contributed by atoms with E-state index in [4.69, 9.17) is 4.74 Å². The van der Waals surface area contributed by atoms with E-state index in [0.29, 0.717) is 19.0 Å². The van der Waals surface area contributed by atoms with Crippen molar-refractivity contribution in [2.24, 2.45) is 5.92 Å². The maximum Gasteiger partial charge on any atom is 0.256 e. The number of nitrogens with zero attached hydrogens (tertiary/aromatic N) is 2. The molecule has 2 heterocycles. The molecule has 0 bridgehead atoms. The van der Waals surface area contributed by atoms with Crippen LogP contribution in [0.15, 0.2) is 42.6 Å². The zero-order valence-electron chi connectivity index (χ0n) is 16.9. The second kappa shape index (κ2) is 8.44. The number of benzene rings is 1. The van der Waals surface area contributed by atoms with E-state index in [1.165, 1.54) is 12.8 Å². The average molecular weight is 379 g/mol. The van der Waals surface area contributed by atoms with Crippen molar-refractivity contribution < 1.29 is 9.53 Å². The van der Waals surface area contributed by atoms with Crippen LogP contribution >= 0.6 is 0 Å². The molecular formula is C24H30N2O2. The monoisotopic (exact) mass is 378 g/mol. The van der Waals surface area contributed by atoms with Gasteiger partial charge in [0, 0.05) is 19.3 Å². The number of amides is 1. The predicted octanol–water partition coefficient (Wildman–Crippen LogP) is 4.87. The van der Waals surface area contributed by atoms with Crippen LogP contribution in [0.4, 0.5) is 0 Å². The fourth-order valence-corrected chi connectivity index (χ4v) is 4.21. The summed E-state index contributed by atoms with van der Waals surface area (Å²) in [5.74, 6) is 0.725. The van der Waals surface area contributed by atoms with Gasteiger partial charge in [0.1, 0.15) is 0 Å². The molecule has 2 aliphatic rings. The fraction of sp³-hybridized carbons (Fsp3) is 0.500. The van der Waals surface area contributed by atoms with E-state index in [1.54, 1.807) is 6.20 Å². The Bertz CT molecular complexity index is 817. The standard InChI is InChI=1S/C24H30N2O2/c1-3-4-10-20-15-26(16-22(28-20)19-11-12-19)24(27)23-17(2)25-14-13-21(23)18-8-6-5-7-9-18/h5-9,13-14,19-20,22H,3-4,10-12,15-16H2,1-2H3/t20-,22-/m1/s1. The van der Waals surface area contributed by atoms with Crippen LogP contribution in [0.3, 0.4) is 0 Å². The third-order valence-electron chi connectivity index (χ3n) is 5.95. The molecule has 2 atom stereocenters. The number of unbranched alkanes of at least 4 members (excludes halogenated alkanes) is 1. The van der Waals surface area contributed by atoms with E-state index >= 15 is 0 Å². The molecule has 2 fully saturated rings. The SMILES string of the molecule is CCCC[C@@H]1CN(C(=O)c2c(-c3ccccc3)ccnc2C)C[C@H](C2CC2)O1. The zero-order valence-corrected chi connectivity index (χ0v) is 16.9. The Morgan fingerprint density at radius 2 is 1.96 bits per heavy atom. The number of aromatic nitrogens is 1. The van der Waals surface area contributed by atoms with Gasteiger partial charge in [0.05, 0.1) is 23.5 Å². The summed E-state index contributed by atoms with van der Waals surface area (Å²) >= 11 is 0. The van der Waals surface area contributed by atoms with Gasteiger partial charge < -0.3 is 9.64 Å². The molecule has 1 aromatic carbocycles. The molecule has 28 heavy (non-hydrogen) atoms. The van der Waals surface area contributed by atoms with Crippen molar-refractivity contribution in [1.29, 1.82) is 0 Å². The summed E-state index contributed by atoms with van der Waals surface area (Å²) in [5, 5.41) is 0. The van der Waals surface area contributed by atoms with E-state index in [2.05, 4.69) is 24.0 Å². The number of aryl methyl sites for hydroxylation is 1. The molecule has 1 amide bonds. The predicted molar refractivity (Wildman–Crippen MR) is 111 cm³/mol. The summed E-state index contributed by atoms with van der Waals surface area (Å²) in [6, 6.07) is 12.1. The number of hydrogen-bond donors (Lipinski definition) is 0. The number of ether oxygens (including phenoxy) is 1. The third-order valence-corrected chi connectivity index (χ3v) is 5.95. The smallest absolute Gasteiger partial charge is 0.256 e. The van der Waals surface area contributed by atoms with Crippen molar-refractivity contribution in [3.05, 3.63) is 53.9 Å². The molecule has 4 rings (SSSR count). The van der Waals surface area contributed by atoms with Gasteiger partial charge in [-0.3, -0.25) is 9.78 Å². The minimum absolute atomic E-state index is 0.0971. The summed E-state index contributed by atoms with van der Waals surface area (Å²) in [5.41, 5.74) is 3.56. The Morgan fingerprint density at radius 1 is 1.18 bits per heavy atom. The Balaban J connectivity index is 1.63. The lowest BCUT2D eigenvalue weighted by Crippen LogP contribution is -2.51. The highest BCUT2D eigenvalue weighted by Crippen LogP contribution is 2.38. The Hall–Kier alpha value is -2.20. The fourth-order valence-electron chi connectivity index (χ4n) is 4.21. The van der Waals surface area contributed by atoms with Crippen molar-refractivity contribution in [2.45, 2.75) is 58.2 Å². The molecule has 1 aromatic heterocycles. The molecule has 0 unspecified atom stereocenters. The molecule has 1 aliphatic carbocycles. The minimum Gasteiger partial charge on any atom is -0.371 e. The Morgan fingerprint density at radius 3 is 2.68 bits per heavy atom. The molecule has 1 saturated heterocycles. The second-order valence-electron chi connectivity index (χ2n) is 8.17. The number of carbonyl (C=O) groups is 1.